The van der Waals surface area contributed by atoms with Gasteiger partial charge in [-0.15, -0.1) is 0 Å². The first-order chi connectivity index (χ1) is 5.97. The van der Waals surface area contributed by atoms with Crippen molar-refractivity contribution in [1.82, 2.24) is 0 Å². The lowest BCUT2D eigenvalue weighted by Crippen LogP contribution is -2.01. The van der Waals surface area contributed by atoms with Gasteiger partial charge in [-0.2, -0.15) is 13.2 Å². The molecule has 4 heteroatoms. The Labute approximate surface area is 81.9 Å². The van der Waals surface area contributed by atoms with Gasteiger partial charge in [0.2, 0.25) is 0 Å². The summed E-state index contributed by atoms with van der Waals surface area (Å²) in [4.78, 5) is 0. The molecule has 0 unspecified atom stereocenters. The van der Waals surface area contributed by atoms with Crippen molar-refractivity contribution in [2.75, 3.05) is 0 Å². The van der Waals surface area contributed by atoms with Gasteiger partial charge in [0.05, 0.1) is 0 Å². The Hall–Kier alpha value is -0.950. The minimum Gasteiger partial charge on any atom is -0.159 e. The Morgan fingerprint density at radius 1 is 1.08 bits per heavy atom. The van der Waals surface area contributed by atoms with E-state index in [0.29, 0.717) is 5.56 Å². The SMILES string of the molecule is FC(F)(F)C#Cc1ccc(Br)cc1. The first-order valence-electron chi connectivity index (χ1n) is 3.33. The van der Waals surface area contributed by atoms with Gasteiger partial charge in [0.15, 0.2) is 0 Å². The summed E-state index contributed by atoms with van der Waals surface area (Å²) >= 11 is 3.17. The molecule has 0 aliphatic rings. The van der Waals surface area contributed by atoms with Crippen molar-refractivity contribution in [2.24, 2.45) is 0 Å². The van der Waals surface area contributed by atoms with E-state index in [0.717, 1.165) is 4.47 Å². The zero-order valence-corrected chi connectivity index (χ0v) is 7.91. The Morgan fingerprint density at radius 3 is 2.08 bits per heavy atom. The van der Waals surface area contributed by atoms with Crippen molar-refractivity contribution in [2.45, 2.75) is 6.18 Å². The second kappa shape index (κ2) is 3.84. The molecule has 0 atom stereocenters. The van der Waals surface area contributed by atoms with Gasteiger partial charge in [0, 0.05) is 16.0 Å². The summed E-state index contributed by atoms with van der Waals surface area (Å²) < 4.78 is 35.7. The van der Waals surface area contributed by atoms with Crippen LogP contribution < -0.4 is 0 Å². The van der Waals surface area contributed by atoms with Crippen molar-refractivity contribution >= 4 is 15.9 Å². The normalized spacial score (nSPS) is 10.5. The molecular weight excluding hydrogens is 245 g/mol. The molecule has 0 bridgehead atoms. The van der Waals surface area contributed by atoms with Crippen LogP contribution in [0.4, 0.5) is 13.2 Å². The maximum Gasteiger partial charge on any atom is 0.458 e. The van der Waals surface area contributed by atoms with E-state index in [1.165, 1.54) is 18.1 Å². The first kappa shape index (κ1) is 10.1. The summed E-state index contributed by atoms with van der Waals surface area (Å²) in [5.41, 5.74) is 0.348. The summed E-state index contributed by atoms with van der Waals surface area (Å²) in [6, 6.07) is 6.31. The van der Waals surface area contributed by atoms with Gasteiger partial charge in [-0.3, -0.25) is 0 Å². The minimum absolute atomic E-state index is 0.348. The van der Waals surface area contributed by atoms with Crippen LogP contribution in [0, 0.1) is 11.8 Å². The number of hydrogen-bond donors (Lipinski definition) is 0. The summed E-state index contributed by atoms with van der Waals surface area (Å²) in [6.07, 6.45) is -4.42. The summed E-state index contributed by atoms with van der Waals surface area (Å²) in [6.45, 7) is 0. The fraction of sp³-hybridized carbons (Fsp3) is 0.111. The van der Waals surface area contributed by atoms with E-state index in [1.54, 1.807) is 12.1 Å². The van der Waals surface area contributed by atoms with Crippen molar-refractivity contribution in [1.29, 1.82) is 0 Å². The maximum absolute atomic E-state index is 11.6. The number of halogens is 4. The summed E-state index contributed by atoms with van der Waals surface area (Å²) in [5, 5.41) is 0. The Bertz CT molecular complexity index is 340. The highest BCUT2D eigenvalue weighted by atomic mass is 79.9. The Balaban J connectivity index is 2.85. The number of alkyl halides is 3. The summed E-state index contributed by atoms with van der Waals surface area (Å²) in [7, 11) is 0. The predicted molar refractivity (Wildman–Crippen MR) is 47.1 cm³/mol. The zero-order chi connectivity index (χ0) is 9.90. The van der Waals surface area contributed by atoms with Gasteiger partial charge in [0.1, 0.15) is 0 Å². The Kier molecular flexibility index (Phi) is 2.99. The molecular formula is C9H4BrF3. The molecule has 68 valence electrons. The predicted octanol–water partition coefficient (Wildman–Crippen LogP) is 3.36. The molecule has 0 saturated carbocycles. The molecule has 0 heterocycles. The zero-order valence-electron chi connectivity index (χ0n) is 6.32. The molecule has 0 saturated heterocycles. The van der Waals surface area contributed by atoms with E-state index in [4.69, 9.17) is 0 Å². The van der Waals surface area contributed by atoms with E-state index >= 15 is 0 Å². The molecule has 13 heavy (non-hydrogen) atoms. The minimum atomic E-state index is -4.42. The fourth-order valence-electron chi connectivity index (χ4n) is 0.676. The number of hydrogen-bond acceptors (Lipinski definition) is 0. The highest BCUT2D eigenvalue weighted by molar-refractivity contribution is 9.10. The van der Waals surface area contributed by atoms with E-state index in [9.17, 15) is 13.2 Å². The molecule has 0 radical (unpaired) electrons. The van der Waals surface area contributed by atoms with Gasteiger partial charge in [-0.05, 0) is 24.3 Å². The molecule has 0 nitrogen and oxygen atoms in total. The lowest BCUT2D eigenvalue weighted by Gasteiger charge is -1.93. The van der Waals surface area contributed by atoms with Crippen LogP contribution in [-0.4, -0.2) is 6.18 Å². The van der Waals surface area contributed by atoms with Crippen molar-refractivity contribution in [3.8, 4) is 11.8 Å². The van der Waals surface area contributed by atoms with Crippen LogP contribution >= 0.6 is 15.9 Å². The average Bonchev–Trinajstić information content (AvgIpc) is 2.02. The Morgan fingerprint density at radius 2 is 1.62 bits per heavy atom. The number of rotatable bonds is 0. The standard InChI is InChI=1S/C9H4BrF3/c10-8-3-1-7(2-4-8)5-6-9(11,12)13/h1-4H. The first-order valence-corrected chi connectivity index (χ1v) is 4.12. The van der Waals surface area contributed by atoms with Crippen LogP contribution in [0.2, 0.25) is 0 Å². The van der Waals surface area contributed by atoms with E-state index in [-0.39, 0.29) is 0 Å². The molecule has 0 aromatic heterocycles. The monoisotopic (exact) mass is 248 g/mol. The van der Waals surface area contributed by atoms with E-state index in [1.807, 2.05) is 5.92 Å². The fourth-order valence-corrected chi connectivity index (χ4v) is 0.941. The van der Waals surface area contributed by atoms with Gasteiger partial charge >= 0.3 is 6.18 Å². The average molecular weight is 249 g/mol. The van der Waals surface area contributed by atoms with Crippen molar-refractivity contribution in [3.63, 3.8) is 0 Å². The highest BCUT2D eigenvalue weighted by Crippen LogP contribution is 2.13. The van der Waals surface area contributed by atoms with Crippen LogP contribution in [0.3, 0.4) is 0 Å². The molecule has 0 N–H and O–H groups in total. The maximum atomic E-state index is 11.6. The molecule has 0 aliphatic carbocycles. The summed E-state index contributed by atoms with van der Waals surface area (Å²) in [5.74, 6) is 3.21. The third-order valence-electron chi connectivity index (χ3n) is 1.19. The molecule has 0 amide bonds. The molecule has 0 fully saturated rings. The third-order valence-corrected chi connectivity index (χ3v) is 1.72. The lowest BCUT2D eigenvalue weighted by molar-refractivity contribution is -0.0696. The molecule has 1 aromatic carbocycles. The second-order valence-electron chi connectivity index (χ2n) is 2.25. The van der Waals surface area contributed by atoms with Gasteiger partial charge in [-0.1, -0.05) is 21.9 Å². The molecule has 0 spiro atoms. The van der Waals surface area contributed by atoms with E-state index in [2.05, 4.69) is 15.9 Å². The van der Waals surface area contributed by atoms with Crippen LogP contribution in [-0.2, 0) is 0 Å². The highest BCUT2D eigenvalue weighted by Gasteiger charge is 2.22. The van der Waals surface area contributed by atoms with Crippen LogP contribution in [0.25, 0.3) is 0 Å². The smallest absolute Gasteiger partial charge is 0.159 e. The van der Waals surface area contributed by atoms with Gasteiger partial charge < -0.3 is 0 Å². The van der Waals surface area contributed by atoms with Crippen molar-refractivity contribution in [3.05, 3.63) is 34.3 Å². The number of benzene rings is 1. The van der Waals surface area contributed by atoms with Crippen LogP contribution in [0.1, 0.15) is 5.56 Å². The third kappa shape index (κ3) is 4.00. The largest absolute Gasteiger partial charge is 0.458 e. The topological polar surface area (TPSA) is 0 Å². The van der Waals surface area contributed by atoms with Crippen LogP contribution in [0.5, 0.6) is 0 Å². The van der Waals surface area contributed by atoms with Gasteiger partial charge in [0.25, 0.3) is 0 Å². The molecule has 1 rings (SSSR count). The second-order valence-corrected chi connectivity index (χ2v) is 3.17. The molecule has 1 aromatic rings. The van der Waals surface area contributed by atoms with Crippen molar-refractivity contribution < 1.29 is 13.2 Å². The lowest BCUT2D eigenvalue weighted by atomic mass is 10.2. The van der Waals surface area contributed by atoms with Crippen LogP contribution in [0.15, 0.2) is 28.7 Å². The van der Waals surface area contributed by atoms with Gasteiger partial charge in [-0.25, -0.2) is 0 Å². The quantitative estimate of drug-likeness (QED) is 0.618. The van der Waals surface area contributed by atoms with E-state index < -0.39 is 6.18 Å². The molecule has 0 aliphatic heterocycles.